The number of benzene rings is 1. The minimum absolute atomic E-state index is 0.239. The molecule has 0 spiro atoms. The van der Waals surface area contributed by atoms with Crippen molar-refractivity contribution in [1.82, 2.24) is 5.32 Å². The van der Waals surface area contributed by atoms with E-state index in [1.165, 1.54) is 16.7 Å². The Balaban J connectivity index is 2.18. The molecular weight excluding hydrogens is 174 g/mol. The summed E-state index contributed by atoms with van der Waals surface area (Å²) in [6, 6.07) is 6.57. The Hall–Kier alpha value is -0.860. The molecule has 1 aromatic rings. The average molecular weight is 191 g/mol. The van der Waals surface area contributed by atoms with Crippen molar-refractivity contribution < 1.29 is 4.74 Å². The second-order valence-corrected chi connectivity index (χ2v) is 3.91. The molecule has 1 N–H and O–H groups in total. The third kappa shape index (κ3) is 1.97. The van der Waals surface area contributed by atoms with Gasteiger partial charge in [0.05, 0.1) is 12.7 Å². The van der Waals surface area contributed by atoms with E-state index in [-0.39, 0.29) is 6.10 Å². The minimum atomic E-state index is 0.239. The van der Waals surface area contributed by atoms with Crippen molar-refractivity contribution in [1.29, 1.82) is 0 Å². The van der Waals surface area contributed by atoms with E-state index in [0.29, 0.717) is 0 Å². The molecule has 0 aromatic heterocycles. The summed E-state index contributed by atoms with van der Waals surface area (Å²) in [5, 5.41) is 3.34. The molecule has 1 atom stereocenters. The molecule has 1 fully saturated rings. The summed E-state index contributed by atoms with van der Waals surface area (Å²) in [5.74, 6) is 0. The molecule has 1 aromatic carbocycles. The van der Waals surface area contributed by atoms with Gasteiger partial charge >= 0.3 is 0 Å². The van der Waals surface area contributed by atoms with Crippen LogP contribution >= 0.6 is 0 Å². The van der Waals surface area contributed by atoms with Gasteiger partial charge in [-0.25, -0.2) is 0 Å². The van der Waals surface area contributed by atoms with E-state index >= 15 is 0 Å². The quantitative estimate of drug-likeness (QED) is 0.732. The van der Waals surface area contributed by atoms with Gasteiger partial charge in [0, 0.05) is 13.1 Å². The van der Waals surface area contributed by atoms with Crippen molar-refractivity contribution in [2.75, 3.05) is 19.7 Å². The molecular formula is C12H17NO. The van der Waals surface area contributed by atoms with Crippen molar-refractivity contribution in [3.8, 4) is 0 Å². The van der Waals surface area contributed by atoms with Crippen LogP contribution in [0.2, 0.25) is 0 Å². The van der Waals surface area contributed by atoms with E-state index in [1.54, 1.807) is 0 Å². The lowest BCUT2D eigenvalue weighted by Crippen LogP contribution is -2.33. The molecule has 2 rings (SSSR count). The third-order valence-electron chi connectivity index (χ3n) is 2.83. The predicted octanol–water partition coefficient (Wildman–Crippen LogP) is 1.96. The number of hydrogen-bond acceptors (Lipinski definition) is 2. The Bertz CT molecular complexity index is 316. The first-order valence-electron chi connectivity index (χ1n) is 5.17. The number of hydrogen-bond donors (Lipinski definition) is 1. The van der Waals surface area contributed by atoms with Crippen LogP contribution in [0.15, 0.2) is 18.2 Å². The average Bonchev–Trinajstić information content (AvgIpc) is 2.23. The lowest BCUT2D eigenvalue weighted by molar-refractivity contribution is 0.0276. The van der Waals surface area contributed by atoms with Gasteiger partial charge in [0.15, 0.2) is 0 Å². The highest BCUT2D eigenvalue weighted by Crippen LogP contribution is 2.21. The van der Waals surface area contributed by atoms with Crippen LogP contribution in [0.1, 0.15) is 22.8 Å². The topological polar surface area (TPSA) is 21.3 Å². The lowest BCUT2D eigenvalue weighted by Gasteiger charge is -2.24. The third-order valence-corrected chi connectivity index (χ3v) is 2.83. The molecule has 76 valence electrons. The smallest absolute Gasteiger partial charge is 0.0949 e. The molecule has 0 bridgehead atoms. The van der Waals surface area contributed by atoms with Gasteiger partial charge < -0.3 is 10.1 Å². The Morgan fingerprint density at radius 1 is 1.29 bits per heavy atom. The van der Waals surface area contributed by atoms with Gasteiger partial charge in [-0.2, -0.15) is 0 Å². The Morgan fingerprint density at radius 3 is 2.79 bits per heavy atom. The molecule has 1 aliphatic rings. The zero-order valence-corrected chi connectivity index (χ0v) is 8.84. The molecule has 1 saturated heterocycles. The zero-order chi connectivity index (χ0) is 9.97. The molecule has 1 heterocycles. The lowest BCUT2D eigenvalue weighted by atomic mass is 10.0. The van der Waals surface area contributed by atoms with Gasteiger partial charge in [-0.1, -0.05) is 18.2 Å². The highest BCUT2D eigenvalue weighted by atomic mass is 16.5. The van der Waals surface area contributed by atoms with Gasteiger partial charge in [-0.3, -0.25) is 0 Å². The van der Waals surface area contributed by atoms with Crippen LogP contribution in [0.5, 0.6) is 0 Å². The van der Waals surface area contributed by atoms with Crippen LogP contribution in [0, 0.1) is 13.8 Å². The monoisotopic (exact) mass is 191 g/mol. The Labute approximate surface area is 85.3 Å². The van der Waals surface area contributed by atoms with Crippen LogP contribution in [0.3, 0.4) is 0 Å². The fourth-order valence-electron chi connectivity index (χ4n) is 1.74. The van der Waals surface area contributed by atoms with Gasteiger partial charge in [-0.15, -0.1) is 0 Å². The zero-order valence-electron chi connectivity index (χ0n) is 8.84. The number of morpholine rings is 1. The van der Waals surface area contributed by atoms with E-state index in [9.17, 15) is 0 Å². The van der Waals surface area contributed by atoms with Crippen LogP contribution in [0.4, 0.5) is 0 Å². The molecule has 0 saturated carbocycles. The molecule has 0 amide bonds. The second kappa shape index (κ2) is 4.11. The Morgan fingerprint density at radius 2 is 2.14 bits per heavy atom. The molecule has 14 heavy (non-hydrogen) atoms. The second-order valence-electron chi connectivity index (χ2n) is 3.91. The van der Waals surface area contributed by atoms with E-state index in [2.05, 4.69) is 37.4 Å². The fraction of sp³-hybridized carbons (Fsp3) is 0.500. The highest BCUT2D eigenvalue weighted by molar-refractivity contribution is 5.31. The highest BCUT2D eigenvalue weighted by Gasteiger charge is 2.15. The maximum Gasteiger partial charge on any atom is 0.0949 e. The van der Waals surface area contributed by atoms with Crippen LogP contribution in [-0.4, -0.2) is 19.7 Å². The SMILES string of the molecule is Cc1ccc(C2CNCCO2)cc1C. The van der Waals surface area contributed by atoms with Crippen LogP contribution in [0.25, 0.3) is 0 Å². The predicted molar refractivity (Wildman–Crippen MR) is 57.5 cm³/mol. The Kier molecular flexibility index (Phi) is 2.85. The van der Waals surface area contributed by atoms with Gasteiger partial charge in [-0.05, 0) is 30.5 Å². The van der Waals surface area contributed by atoms with Crippen molar-refractivity contribution in [2.45, 2.75) is 20.0 Å². The van der Waals surface area contributed by atoms with Gasteiger partial charge in [0.25, 0.3) is 0 Å². The fourth-order valence-corrected chi connectivity index (χ4v) is 1.74. The number of nitrogens with one attached hydrogen (secondary N) is 1. The van der Waals surface area contributed by atoms with Crippen molar-refractivity contribution in [3.63, 3.8) is 0 Å². The summed E-state index contributed by atoms with van der Waals surface area (Å²) in [6.07, 6.45) is 0.239. The molecule has 0 radical (unpaired) electrons. The first kappa shape index (κ1) is 9.69. The normalized spacial score (nSPS) is 22.3. The largest absolute Gasteiger partial charge is 0.371 e. The van der Waals surface area contributed by atoms with Gasteiger partial charge in [0.2, 0.25) is 0 Å². The first-order chi connectivity index (χ1) is 6.77. The molecule has 0 aliphatic carbocycles. The summed E-state index contributed by atoms with van der Waals surface area (Å²) >= 11 is 0. The van der Waals surface area contributed by atoms with E-state index < -0.39 is 0 Å². The maximum atomic E-state index is 5.70. The molecule has 2 nitrogen and oxygen atoms in total. The maximum absolute atomic E-state index is 5.70. The summed E-state index contributed by atoms with van der Waals surface area (Å²) < 4.78 is 5.70. The first-order valence-corrected chi connectivity index (χ1v) is 5.17. The van der Waals surface area contributed by atoms with E-state index in [1.807, 2.05) is 0 Å². The summed E-state index contributed by atoms with van der Waals surface area (Å²) in [5.41, 5.74) is 3.98. The molecule has 1 aliphatic heterocycles. The number of ether oxygens (including phenoxy) is 1. The van der Waals surface area contributed by atoms with Crippen LogP contribution < -0.4 is 5.32 Å². The summed E-state index contributed by atoms with van der Waals surface area (Å²) in [4.78, 5) is 0. The number of aryl methyl sites for hydroxylation is 2. The molecule has 1 unspecified atom stereocenters. The molecule has 2 heteroatoms. The summed E-state index contributed by atoms with van der Waals surface area (Å²) in [7, 11) is 0. The van der Waals surface area contributed by atoms with Crippen LogP contribution in [-0.2, 0) is 4.74 Å². The van der Waals surface area contributed by atoms with E-state index in [4.69, 9.17) is 4.74 Å². The minimum Gasteiger partial charge on any atom is -0.371 e. The van der Waals surface area contributed by atoms with Crippen molar-refractivity contribution in [2.24, 2.45) is 0 Å². The standard InChI is InChI=1S/C12H17NO/c1-9-3-4-11(7-10(9)2)12-8-13-5-6-14-12/h3-4,7,12-13H,5-6,8H2,1-2H3. The van der Waals surface area contributed by atoms with E-state index in [0.717, 1.165) is 19.7 Å². The van der Waals surface area contributed by atoms with Gasteiger partial charge in [0.1, 0.15) is 0 Å². The van der Waals surface area contributed by atoms with Crippen molar-refractivity contribution >= 4 is 0 Å². The summed E-state index contributed by atoms with van der Waals surface area (Å²) in [6.45, 7) is 7.01. The number of rotatable bonds is 1. The van der Waals surface area contributed by atoms with Crippen molar-refractivity contribution in [3.05, 3.63) is 34.9 Å².